The van der Waals surface area contributed by atoms with Gasteiger partial charge < -0.3 is 10.4 Å². The van der Waals surface area contributed by atoms with Crippen molar-refractivity contribution in [3.63, 3.8) is 0 Å². The van der Waals surface area contributed by atoms with Crippen LogP contribution in [0.15, 0.2) is 36.5 Å². The number of aromatic nitrogens is 1. The fraction of sp³-hybridized carbons (Fsp3) is 0.0714. The number of nitrogens with zero attached hydrogens (tertiary/aromatic N) is 1. The van der Waals surface area contributed by atoms with E-state index in [1.165, 1.54) is 24.4 Å². The third-order valence-corrected chi connectivity index (χ3v) is 2.63. The molecule has 2 aromatic rings. The van der Waals surface area contributed by atoms with Crippen LogP contribution in [-0.2, 0) is 11.2 Å². The van der Waals surface area contributed by atoms with Crippen LogP contribution < -0.4 is 5.32 Å². The van der Waals surface area contributed by atoms with Gasteiger partial charge >= 0.3 is 5.97 Å². The van der Waals surface area contributed by atoms with E-state index in [9.17, 15) is 18.4 Å². The molecule has 0 bridgehead atoms. The van der Waals surface area contributed by atoms with Gasteiger partial charge in [0.25, 0.3) is 0 Å². The molecule has 0 aliphatic heterocycles. The molecule has 5 nitrogen and oxygen atoms in total. The number of hydrogen-bond acceptors (Lipinski definition) is 3. The van der Waals surface area contributed by atoms with Gasteiger partial charge in [0.05, 0.1) is 18.3 Å². The van der Waals surface area contributed by atoms with Crippen LogP contribution in [0, 0.1) is 11.6 Å². The molecule has 2 N–H and O–H groups in total. The Kier molecular flexibility index (Phi) is 4.22. The molecule has 0 fully saturated rings. The van der Waals surface area contributed by atoms with Crippen LogP contribution in [-0.4, -0.2) is 22.0 Å². The van der Waals surface area contributed by atoms with Crippen molar-refractivity contribution in [3.05, 3.63) is 59.4 Å². The summed E-state index contributed by atoms with van der Waals surface area (Å²) in [6.07, 6.45) is 0.912. The molecule has 0 aliphatic carbocycles. The van der Waals surface area contributed by atoms with Crippen LogP contribution in [0.25, 0.3) is 0 Å². The van der Waals surface area contributed by atoms with Gasteiger partial charge in [0.1, 0.15) is 17.3 Å². The summed E-state index contributed by atoms with van der Waals surface area (Å²) < 4.78 is 26.1. The van der Waals surface area contributed by atoms with Gasteiger partial charge in [0, 0.05) is 6.07 Å². The van der Waals surface area contributed by atoms with Crippen LogP contribution in [0.3, 0.4) is 0 Å². The monoisotopic (exact) mass is 292 g/mol. The topological polar surface area (TPSA) is 79.3 Å². The predicted molar refractivity (Wildman–Crippen MR) is 69.9 cm³/mol. The number of aromatic carboxylic acids is 1. The number of amides is 1. The molecule has 0 atom stereocenters. The molecule has 1 amide bonds. The maximum Gasteiger partial charge on any atom is 0.354 e. The minimum Gasteiger partial charge on any atom is -0.477 e. The Labute approximate surface area is 118 Å². The number of benzene rings is 1. The smallest absolute Gasteiger partial charge is 0.354 e. The minimum absolute atomic E-state index is 0.0593. The number of nitrogens with one attached hydrogen (secondary N) is 1. The highest BCUT2D eigenvalue weighted by molar-refractivity contribution is 5.92. The van der Waals surface area contributed by atoms with Gasteiger partial charge in [-0.05, 0) is 23.8 Å². The maximum absolute atomic E-state index is 13.4. The van der Waals surface area contributed by atoms with Crippen LogP contribution in [0.1, 0.15) is 16.1 Å². The normalized spacial score (nSPS) is 10.2. The average molecular weight is 292 g/mol. The van der Waals surface area contributed by atoms with E-state index < -0.39 is 23.5 Å². The second kappa shape index (κ2) is 6.08. The molecule has 2 rings (SSSR count). The van der Waals surface area contributed by atoms with Gasteiger partial charge in [-0.15, -0.1) is 0 Å². The first-order chi connectivity index (χ1) is 9.95. The van der Waals surface area contributed by atoms with Gasteiger partial charge in [0.2, 0.25) is 5.91 Å². The van der Waals surface area contributed by atoms with Gasteiger partial charge in [-0.1, -0.05) is 6.07 Å². The van der Waals surface area contributed by atoms with E-state index in [1.54, 1.807) is 0 Å². The first-order valence-electron chi connectivity index (χ1n) is 5.89. The van der Waals surface area contributed by atoms with Crippen molar-refractivity contribution in [2.75, 3.05) is 5.32 Å². The summed E-state index contributed by atoms with van der Waals surface area (Å²) in [4.78, 5) is 26.0. The van der Waals surface area contributed by atoms with Gasteiger partial charge in [-0.25, -0.2) is 18.6 Å². The molecule has 108 valence electrons. The van der Waals surface area contributed by atoms with Crippen molar-refractivity contribution >= 4 is 17.6 Å². The van der Waals surface area contributed by atoms with Gasteiger partial charge in [-0.2, -0.15) is 0 Å². The summed E-state index contributed by atoms with van der Waals surface area (Å²) in [5.41, 5.74) is 0.189. The third-order valence-electron chi connectivity index (χ3n) is 2.63. The Morgan fingerprint density at radius 1 is 1.19 bits per heavy atom. The molecule has 7 heteroatoms. The first kappa shape index (κ1) is 14.6. The Bertz CT molecular complexity index is 687. The second-order valence-electron chi connectivity index (χ2n) is 4.20. The first-order valence-corrected chi connectivity index (χ1v) is 5.89. The number of rotatable bonds is 4. The Morgan fingerprint density at radius 2 is 1.95 bits per heavy atom. The van der Waals surface area contributed by atoms with Crippen LogP contribution in [0.2, 0.25) is 0 Å². The van der Waals surface area contributed by atoms with Crippen molar-refractivity contribution in [1.82, 2.24) is 4.98 Å². The lowest BCUT2D eigenvalue weighted by atomic mass is 10.1. The van der Waals surface area contributed by atoms with Crippen LogP contribution in [0.4, 0.5) is 14.5 Å². The largest absolute Gasteiger partial charge is 0.477 e. The lowest BCUT2D eigenvalue weighted by molar-refractivity contribution is -0.115. The SMILES string of the molecule is O=C(Cc1ccc(F)cc1F)Nc1ccc(C(=O)O)nc1. The molecular formula is C14H10F2N2O3. The number of pyridine rings is 1. The van der Waals surface area contributed by atoms with E-state index in [1.807, 2.05) is 0 Å². The summed E-state index contributed by atoms with van der Waals surface area (Å²) in [7, 11) is 0. The highest BCUT2D eigenvalue weighted by Gasteiger charge is 2.10. The van der Waals surface area contributed by atoms with Crippen LogP contribution in [0.5, 0.6) is 0 Å². The molecule has 0 aliphatic rings. The number of carboxylic acids is 1. The number of anilines is 1. The highest BCUT2D eigenvalue weighted by atomic mass is 19.1. The summed E-state index contributed by atoms with van der Waals surface area (Å²) in [6.45, 7) is 0. The quantitative estimate of drug-likeness (QED) is 0.905. The van der Waals surface area contributed by atoms with E-state index in [2.05, 4.69) is 10.3 Å². The Hall–Kier alpha value is -2.83. The molecule has 0 saturated heterocycles. The Morgan fingerprint density at radius 3 is 2.52 bits per heavy atom. The number of carbonyl (C=O) groups is 2. The average Bonchev–Trinajstić information content (AvgIpc) is 2.42. The van der Waals surface area contributed by atoms with Crippen molar-refractivity contribution in [3.8, 4) is 0 Å². The molecule has 1 aromatic carbocycles. The van der Waals surface area contributed by atoms with Crippen molar-refractivity contribution < 1.29 is 23.5 Å². The van der Waals surface area contributed by atoms with E-state index in [4.69, 9.17) is 5.11 Å². The number of hydrogen-bond donors (Lipinski definition) is 2. The zero-order valence-corrected chi connectivity index (χ0v) is 10.6. The zero-order chi connectivity index (χ0) is 15.4. The summed E-state index contributed by atoms with van der Waals surface area (Å²) in [5, 5.41) is 11.1. The van der Waals surface area contributed by atoms with Crippen molar-refractivity contribution in [2.24, 2.45) is 0 Å². The van der Waals surface area contributed by atoms with Crippen molar-refractivity contribution in [1.29, 1.82) is 0 Å². The second-order valence-corrected chi connectivity index (χ2v) is 4.20. The molecule has 1 aromatic heterocycles. The summed E-state index contributed by atoms with van der Waals surface area (Å²) in [6, 6.07) is 5.56. The summed E-state index contributed by atoms with van der Waals surface area (Å²) in [5.74, 6) is -3.22. The number of carboxylic acid groups (broad SMARTS) is 1. The maximum atomic E-state index is 13.4. The molecule has 1 heterocycles. The molecular weight excluding hydrogens is 282 g/mol. The fourth-order valence-corrected chi connectivity index (χ4v) is 1.64. The number of carbonyl (C=O) groups excluding carboxylic acids is 1. The molecule has 0 unspecified atom stereocenters. The summed E-state index contributed by atoms with van der Waals surface area (Å²) >= 11 is 0. The lowest BCUT2D eigenvalue weighted by Gasteiger charge is -2.06. The number of halogens is 2. The predicted octanol–water partition coefficient (Wildman–Crippen LogP) is 2.24. The van der Waals surface area contributed by atoms with Gasteiger partial charge in [0.15, 0.2) is 0 Å². The highest BCUT2D eigenvalue weighted by Crippen LogP contribution is 2.12. The van der Waals surface area contributed by atoms with E-state index >= 15 is 0 Å². The standard InChI is InChI=1S/C14H10F2N2O3/c15-9-2-1-8(11(16)6-9)5-13(19)18-10-3-4-12(14(20)21)17-7-10/h1-4,6-7H,5H2,(H,18,19)(H,20,21). The van der Waals surface area contributed by atoms with E-state index in [-0.39, 0.29) is 23.4 Å². The Balaban J connectivity index is 2.02. The minimum atomic E-state index is -1.18. The van der Waals surface area contributed by atoms with E-state index in [0.29, 0.717) is 6.07 Å². The zero-order valence-electron chi connectivity index (χ0n) is 10.6. The van der Waals surface area contributed by atoms with Crippen molar-refractivity contribution in [2.45, 2.75) is 6.42 Å². The lowest BCUT2D eigenvalue weighted by Crippen LogP contribution is -2.15. The third kappa shape index (κ3) is 3.82. The molecule has 21 heavy (non-hydrogen) atoms. The van der Waals surface area contributed by atoms with Gasteiger partial charge in [-0.3, -0.25) is 4.79 Å². The molecule has 0 radical (unpaired) electrons. The molecule has 0 spiro atoms. The molecule has 0 saturated carbocycles. The fourth-order valence-electron chi connectivity index (χ4n) is 1.64. The van der Waals surface area contributed by atoms with Crippen LogP contribution >= 0.6 is 0 Å². The van der Waals surface area contributed by atoms with E-state index in [0.717, 1.165) is 6.07 Å².